The molecule has 2 heterocycles. The van der Waals surface area contributed by atoms with E-state index in [0.717, 1.165) is 4.88 Å². The predicted molar refractivity (Wildman–Crippen MR) is 123 cm³/mol. The van der Waals surface area contributed by atoms with E-state index in [1.165, 1.54) is 35.3 Å². The van der Waals surface area contributed by atoms with Gasteiger partial charge in [-0.25, -0.2) is 14.1 Å². The van der Waals surface area contributed by atoms with E-state index in [4.69, 9.17) is 14.2 Å². The Hall–Kier alpha value is -3.76. The van der Waals surface area contributed by atoms with E-state index < -0.39 is 5.91 Å². The molecule has 1 N–H and O–H groups in total. The van der Waals surface area contributed by atoms with Crippen LogP contribution in [0.2, 0.25) is 0 Å². The van der Waals surface area contributed by atoms with Crippen LogP contribution in [-0.2, 0) is 4.74 Å². The largest absolute Gasteiger partial charge is 0.493 e. The Labute approximate surface area is 193 Å². The molecule has 0 radical (unpaired) electrons. The summed E-state index contributed by atoms with van der Waals surface area (Å²) in [5.74, 6) is 0.596. The van der Waals surface area contributed by atoms with E-state index in [1.807, 2.05) is 17.5 Å². The summed E-state index contributed by atoms with van der Waals surface area (Å²) < 4.78 is 30.9. The number of halogens is 1. The number of hydrogen-bond donors (Lipinski definition) is 1. The average Bonchev–Trinajstić information content (AvgIpc) is 3.50. The summed E-state index contributed by atoms with van der Waals surface area (Å²) in [5, 5.41) is 9.07. The first-order valence-electron chi connectivity index (χ1n) is 9.97. The van der Waals surface area contributed by atoms with E-state index in [0.29, 0.717) is 41.9 Å². The second kappa shape index (κ2) is 10.2. The number of nitrogens with one attached hydrogen (secondary N) is 1. The number of aromatic nitrogens is 3. The summed E-state index contributed by atoms with van der Waals surface area (Å²) in [5.41, 5.74) is 1.08. The third-order valence-electron chi connectivity index (χ3n) is 4.59. The van der Waals surface area contributed by atoms with E-state index in [9.17, 15) is 9.18 Å². The van der Waals surface area contributed by atoms with Gasteiger partial charge in [0.1, 0.15) is 12.4 Å². The molecule has 2 aromatic carbocycles. The highest BCUT2D eigenvalue weighted by Gasteiger charge is 2.20. The molecule has 4 aromatic rings. The van der Waals surface area contributed by atoms with Crippen LogP contribution in [0.25, 0.3) is 16.4 Å². The highest BCUT2D eigenvalue weighted by molar-refractivity contribution is 7.13. The van der Waals surface area contributed by atoms with Gasteiger partial charge in [0.15, 0.2) is 17.3 Å². The lowest BCUT2D eigenvalue weighted by Crippen LogP contribution is -2.14. The molecule has 0 unspecified atom stereocenters. The quantitative estimate of drug-likeness (QED) is 0.366. The van der Waals surface area contributed by atoms with Crippen LogP contribution in [0.3, 0.4) is 0 Å². The Kier molecular flexibility index (Phi) is 6.96. The van der Waals surface area contributed by atoms with Crippen molar-refractivity contribution in [3.63, 3.8) is 0 Å². The Morgan fingerprint density at radius 2 is 1.91 bits per heavy atom. The lowest BCUT2D eigenvalue weighted by molar-refractivity contribution is 0.101. The topological polar surface area (TPSA) is 87.5 Å². The fourth-order valence-electron chi connectivity index (χ4n) is 3.03. The number of amides is 1. The summed E-state index contributed by atoms with van der Waals surface area (Å²) in [6.45, 7) is 0.744. The summed E-state index contributed by atoms with van der Waals surface area (Å²) in [6.07, 6.45) is 0. The Morgan fingerprint density at radius 1 is 1.09 bits per heavy atom. The Morgan fingerprint density at radius 3 is 2.61 bits per heavy atom. The standard InChI is InChI=1S/C23H21FN4O4S/c1-30-11-12-32-19-14-16(7-10-18(19)31-2)25-23(29)21-26-22(20-4-3-13-33-20)28(27-21)17-8-5-15(24)6-9-17/h3-10,13-14H,11-12H2,1-2H3,(H,25,29). The molecule has 0 fully saturated rings. The number of ether oxygens (including phenoxy) is 3. The summed E-state index contributed by atoms with van der Waals surface area (Å²) in [4.78, 5) is 18.2. The van der Waals surface area contributed by atoms with Gasteiger partial charge in [-0.1, -0.05) is 6.07 Å². The van der Waals surface area contributed by atoms with Gasteiger partial charge in [0, 0.05) is 18.9 Å². The van der Waals surface area contributed by atoms with Crippen molar-refractivity contribution in [2.45, 2.75) is 0 Å². The van der Waals surface area contributed by atoms with Crippen molar-refractivity contribution in [3.05, 3.63) is 71.6 Å². The van der Waals surface area contributed by atoms with E-state index in [1.54, 1.807) is 37.4 Å². The maximum absolute atomic E-state index is 13.4. The Bertz CT molecular complexity index is 1230. The van der Waals surface area contributed by atoms with Gasteiger partial charge in [-0.3, -0.25) is 4.79 Å². The van der Waals surface area contributed by atoms with Gasteiger partial charge < -0.3 is 19.5 Å². The monoisotopic (exact) mass is 468 g/mol. The van der Waals surface area contributed by atoms with E-state index in [-0.39, 0.29) is 11.6 Å². The van der Waals surface area contributed by atoms with E-state index in [2.05, 4.69) is 15.4 Å². The number of methoxy groups -OCH3 is 2. The second-order valence-corrected chi connectivity index (χ2v) is 7.73. The third kappa shape index (κ3) is 5.18. The Balaban J connectivity index is 1.62. The zero-order valence-electron chi connectivity index (χ0n) is 17.9. The molecule has 0 aliphatic carbocycles. The van der Waals surface area contributed by atoms with Crippen molar-refractivity contribution >= 4 is 22.9 Å². The molecule has 0 spiro atoms. The van der Waals surface area contributed by atoms with Crippen molar-refractivity contribution in [2.24, 2.45) is 0 Å². The van der Waals surface area contributed by atoms with Gasteiger partial charge in [-0.15, -0.1) is 16.4 Å². The number of rotatable bonds is 9. The van der Waals surface area contributed by atoms with Crippen LogP contribution >= 0.6 is 11.3 Å². The lowest BCUT2D eigenvalue weighted by Gasteiger charge is -2.12. The predicted octanol–water partition coefficient (Wildman–Crippen LogP) is 4.42. The molecule has 1 amide bonds. The molecule has 170 valence electrons. The number of carbonyl (C=O) groups is 1. The molecule has 4 rings (SSSR count). The van der Waals surface area contributed by atoms with Crippen LogP contribution in [-0.4, -0.2) is 48.1 Å². The first kappa shape index (κ1) is 22.4. The van der Waals surface area contributed by atoms with Gasteiger partial charge >= 0.3 is 0 Å². The summed E-state index contributed by atoms with van der Waals surface area (Å²) in [7, 11) is 3.12. The normalized spacial score (nSPS) is 10.8. The van der Waals surface area contributed by atoms with Crippen LogP contribution in [0, 0.1) is 5.82 Å². The smallest absolute Gasteiger partial charge is 0.295 e. The number of carbonyl (C=O) groups excluding carboxylic acids is 1. The number of benzene rings is 2. The van der Waals surface area contributed by atoms with Crippen LogP contribution < -0.4 is 14.8 Å². The van der Waals surface area contributed by atoms with E-state index >= 15 is 0 Å². The molecule has 2 aromatic heterocycles. The molecule has 33 heavy (non-hydrogen) atoms. The minimum Gasteiger partial charge on any atom is -0.493 e. The lowest BCUT2D eigenvalue weighted by atomic mass is 10.2. The van der Waals surface area contributed by atoms with Crippen LogP contribution in [0.1, 0.15) is 10.6 Å². The summed E-state index contributed by atoms with van der Waals surface area (Å²) in [6, 6.07) is 14.6. The maximum Gasteiger partial charge on any atom is 0.295 e. The van der Waals surface area contributed by atoms with Gasteiger partial charge in [0.2, 0.25) is 5.82 Å². The zero-order chi connectivity index (χ0) is 23.2. The van der Waals surface area contributed by atoms with Gasteiger partial charge in [-0.2, -0.15) is 0 Å². The molecule has 0 aliphatic heterocycles. The van der Waals surface area contributed by atoms with Crippen molar-refractivity contribution < 1.29 is 23.4 Å². The molecule has 0 saturated heterocycles. The molecule has 8 nitrogen and oxygen atoms in total. The van der Waals surface area contributed by atoms with Gasteiger partial charge in [-0.05, 0) is 47.8 Å². The fourth-order valence-corrected chi connectivity index (χ4v) is 3.72. The molecular formula is C23H21FN4O4S. The maximum atomic E-state index is 13.4. The number of anilines is 1. The van der Waals surface area contributed by atoms with Crippen molar-refractivity contribution in [1.82, 2.24) is 14.8 Å². The number of hydrogen-bond acceptors (Lipinski definition) is 7. The third-order valence-corrected chi connectivity index (χ3v) is 5.46. The first-order chi connectivity index (χ1) is 16.1. The molecular weight excluding hydrogens is 447 g/mol. The minimum absolute atomic E-state index is 0.0274. The van der Waals surface area contributed by atoms with Gasteiger partial charge in [0.25, 0.3) is 5.91 Å². The number of nitrogens with zero attached hydrogens (tertiary/aromatic N) is 3. The zero-order valence-corrected chi connectivity index (χ0v) is 18.8. The second-order valence-electron chi connectivity index (χ2n) is 6.79. The van der Waals surface area contributed by atoms with Crippen LogP contribution in [0.5, 0.6) is 11.5 Å². The van der Waals surface area contributed by atoms with Crippen LogP contribution in [0.4, 0.5) is 10.1 Å². The van der Waals surface area contributed by atoms with Crippen molar-refractivity contribution in [2.75, 3.05) is 32.8 Å². The molecule has 0 saturated carbocycles. The first-order valence-corrected chi connectivity index (χ1v) is 10.8. The molecule has 0 atom stereocenters. The van der Waals surface area contributed by atoms with Crippen molar-refractivity contribution in [1.29, 1.82) is 0 Å². The van der Waals surface area contributed by atoms with Gasteiger partial charge in [0.05, 0.1) is 24.3 Å². The molecule has 10 heteroatoms. The van der Waals surface area contributed by atoms with Crippen LogP contribution in [0.15, 0.2) is 60.0 Å². The summed E-state index contributed by atoms with van der Waals surface area (Å²) >= 11 is 1.46. The highest BCUT2D eigenvalue weighted by Crippen LogP contribution is 2.31. The molecule has 0 aliphatic rings. The SMILES string of the molecule is COCCOc1cc(NC(=O)c2nc(-c3cccs3)n(-c3ccc(F)cc3)n2)ccc1OC. The molecule has 0 bridgehead atoms. The number of thiophene rings is 1. The van der Waals surface area contributed by atoms with Crippen molar-refractivity contribution in [3.8, 4) is 27.9 Å². The average molecular weight is 469 g/mol. The minimum atomic E-state index is -0.498. The highest BCUT2D eigenvalue weighted by atomic mass is 32.1. The fraction of sp³-hybridized carbons (Fsp3) is 0.174.